The third-order valence-corrected chi connectivity index (χ3v) is 5.03. The van der Waals surface area contributed by atoms with Crippen LogP contribution in [0.3, 0.4) is 0 Å². The normalized spacial score (nSPS) is 14.9. The van der Waals surface area contributed by atoms with E-state index >= 15 is 0 Å². The molecule has 0 atom stereocenters. The van der Waals surface area contributed by atoms with E-state index in [1.54, 1.807) is 6.08 Å². The minimum absolute atomic E-state index is 0.0559. The highest BCUT2D eigenvalue weighted by atomic mass is 35.5. The average Bonchev–Trinajstić information content (AvgIpc) is 2.74. The largest absolute Gasteiger partial charge is 0.478 e. The van der Waals surface area contributed by atoms with Crippen molar-refractivity contribution in [1.82, 2.24) is 9.97 Å². The van der Waals surface area contributed by atoms with Gasteiger partial charge in [0.05, 0.1) is 34.7 Å². The highest BCUT2D eigenvalue weighted by Gasteiger charge is 2.12. The number of nitrogens with zero attached hydrogens (tertiary/aromatic N) is 2. The first-order valence-corrected chi connectivity index (χ1v) is 9.47. The zero-order chi connectivity index (χ0) is 20.4. The molecule has 1 aliphatic rings. The number of aromatic carboxylic acids is 1. The summed E-state index contributed by atoms with van der Waals surface area (Å²) in [4.78, 5) is 32.7. The fourth-order valence-electron chi connectivity index (χ4n) is 3.20. The van der Waals surface area contributed by atoms with E-state index in [-0.39, 0.29) is 27.5 Å². The molecule has 1 fully saturated rings. The van der Waals surface area contributed by atoms with Gasteiger partial charge in [-0.25, -0.2) is 9.78 Å². The van der Waals surface area contributed by atoms with Crippen molar-refractivity contribution < 1.29 is 14.6 Å². The van der Waals surface area contributed by atoms with Gasteiger partial charge in [-0.1, -0.05) is 23.7 Å². The number of benzene rings is 2. The number of anilines is 1. The Morgan fingerprint density at radius 1 is 1.17 bits per heavy atom. The predicted molar refractivity (Wildman–Crippen MR) is 113 cm³/mol. The average molecular weight is 412 g/mol. The smallest absolute Gasteiger partial charge is 0.335 e. The van der Waals surface area contributed by atoms with E-state index in [0.717, 1.165) is 37.6 Å². The fourth-order valence-corrected chi connectivity index (χ4v) is 3.42. The van der Waals surface area contributed by atoms with E-state index in [0.29, 0.717) is 5.39 Å². The van der Waals surface area contributed by atoms with E-state index in [9.17, 15) is 9.59 Å². The Hall–Kier alpha value is -3.16. The number of halogens is 1. The molecule has 2 heterocycles. The molecule has 0 radical (unpaired) electrons. The van der Waals surface area contributed by atoms with Crippen molar-refractivity contribution in [3.63, 3.8) is 0 Å². The second-order valence-electron chi connectivity index (χ2n) is 6.63. The lowest BCUT2D eigenvalue weighted by Gasteiger charge is -2.28. The van der Waals surface area contributed by atoms with Crippen molar-refractivity contribution in [2.45, 2.75) is 0 Å². The fraction of sp³-hybridized carbons (Fsp3) is 0.190. The first-order valence-electron chi connectivity index (χ1n) is 9.09. The monoisotopic (exact) mass is 411 g/mol. The van der Waals surface area contributed by atoms with Gasteiger partial charge in [0.2, 0.25) is 0 Å². The summed E-state index contributed by atoms with van der Waals surface area (Å²) >= 11 is 6.39. The predicted octanol–water partition coefficient (Wildman–Crippen LogP) is 3.19. The van der Waals surface area contributed by atoms with Gasteiger partial charge >= 0.3 is 5.97 Å². The summed E-state index contributed by atoms with van der Waals surface area (Å²) in [6.07, 6.45) is 1.70. The van der Waals surface area contributed by atoms with Gasteiger partial charge in [-0.3, -0.25) is 4.79 Å². The zero-order valence-electron chi connectivity index (χ0n) is 15.4. The van der Waals surface area contributed by atoms with Crippen LogP contribution in [-0.4, -0.2) is 47.3 Å². The summed E-state index contributed by atoms with van der Waals surface area (Å²) in [6.45, 7) is 3.16. The third-order valence-electron chi connectivity index (χ3n) is 4.74. The topological polar surface area (TPSA) is 95.5 Å². The molecule has 1 aliphatic heterocycles. The minimum Gasteiger partial charge on any atom is -0.478 e. The molecule has 0 saturated carbocycles. The first kappa shape index (κ1) is 19.2. The van der Waals surface area contributed by atoms with Crippen LogP contribution in [-0.2, 0) is 4.74 Å². The van der Waals surface area contributed by atoms with E-state index in [2.05, 4.69) is 14.9 Å². The number of ether oxygens (including phenoxy) is 1. The Kier molecular flexibility index (Phi) is 5.33. The Morgan fingerprint density at radius 2 is 1.90 bits per heavy atom. The van der Waals surface area contributed by atoms with E-state index in [1.807, 2.05) is 24.3 Å². The van der Waals surface area contributed by atoms with Crippen LogP contribution in [0.1, 0.15) is 21.7 Å². The number of aromatic nitrogens is 2. The molecule has 4 rings (SSSR count). The van der Waals surface area contributed by atoms with Crippen LogP contribution in [0.5, 0.6) is 0 Å². The molecule has 2 aromatic carbocycles. The summed E-state index contributed by atoms with van der Waals surface area (Å²) in [7, 11) is 0. The van der Waals surface area contributed by atoms with Crippen LogP contribution in [0.4, 0.5) is 5.69 Å². The molecule has 29 heavy (non-hydrogen) atoms. The first-order chi connectivity index (χ1) is 14.0. The molecule has 0 bridgehead atoms. The summed E-state index contributed by atoms with van der Waals surface area (Å²) in [6, 6.07) is 12.1. The van der Waals surface area contributed by atoms with Crippen LogP contribution in [0.15, 0.2) is 47.3 Å². The van der Waals surface area contributed by atoms with Gasteiger partial charge in [0, 0.05) is 18.8 Å². The molecule has 3 aromatic rings. The Bertz CT molecular complexity index is 1150. The number of carbonyl (C=O) groups is 1. The van der Waals surface area contributed by atoms with E-state index < -0.39 is 5.97 Å². The minimum atomic E-state index is -1.09. The van der Waals surface area contributed by atoms with Crippen LogP contribution >= 0.6 is 11.6 Å². The van der Waals surface area contributed by atoms with Crippen LogP contribution in [0, 0.1) is 0 Å². The molecular weight excluding hydrogens is 394 g/mol. The molecule has 0 spiro atoms. The molecule has 0 aliphatic carbocycles. The number of fused-ring (bicyclic) bond motifs is 1. The van der Waals surface area contributed by atoms with E-state index in [1.165, 1.54) is 18.2 Å². The second-order valence-corrected chi connectivity index (χ2v) is 7.04. The summed E-state index contributed by atoms with van der Waals surface area (Å²) in [5.41, 5.74) is 1.92. The van der Waals surface area contributed by atoms with Crippen molar-refractivity contribution in [2.75, 3.05) is 31.2 Å². The summed E-state index contributed by atoms with van der Waals surface area (Å²) < 4.78 is 5.37. The van der Waals surface area contributed by atoms with Gasteiger partial charge in [-0.2, -0.15) is 0 Å². The van der Waals surface area contributed by atoms with Gasteiger partial charge < -0.3 is 19.7 Å². The van der Waals surface area contributed by atoms with Crippen LogP contribution in [0.2, 0.25) is 0 Å². The summed E-state index contributed by atoms with van der Waals surface area (Å²) in [5, 5.41) is 9.70. The van der Waals surface area contributed by atoms with E-state index in [4.69, 9.17) is 21.4 Å². The number of rotatable bonds is 4. The molecule has 8 heteroatoms. The van der Waals surface area contributed by atoms with Crippen molar-refractivity contribution in [3.05, 3.63) is 69.8 Å². The quantitative estimate of drug-likeness (QED) is 0.684. The maximum Gasteiger partial charge on any atom is 0.335 e. The highest BCUT2D eigenvalue weighted by Crippen LogP contribution is 2.23. The van der Waals surface area contributed by atoms with Crippen molar-refractivity contribution >= 4 is 45.3 Å². The van der Waals surface area contributed by atoms with Crippen molar-refractivity contribution in [2.24, 2.45) is 0 Å². The third kappa shape index (κ3) is 4.16. The Balaban J connectivity index is 1.63. The number of hydrogen-bond donors (Lipinski definition) is 2. The van der Waals surface area contributed by atoms with Crippen LogP contribution in [0.25, 0.3) is 22.0 Å². The lowest BCUT2D eigenvalue weighted by atomic mass is 10.1. The molecular formula is C21H18ClN3O4. The van der Waals surface area contributed by atoms with Crippen molar-refractivity contribution in [1.29, 1.82) is 0 Å². The van der Waals surface area contributed by atoms with Gasteiger partial charge in [0.25, 0.3) is 5.56 Å². The summed E-state index contributed by atoms with van der Waals surface area (Å²) in [5.74, 6) is -0.901. The molecule has 1 saturated heterocycles. The lowest BCUT2D eigenvalue weighted by Crippen LogP contribution is -2.36. The molecule has 2 N–H and O–H groups in total. The van der Waals surface area contributed by atoms with Crippen molar-refractivity contribution in [3.8, 4) is 0 Å². The number of carboxylic acids is 1. The SMILES string of the molecule is O=C(O)c1ccc2c(=O)[nH]c(/C(Cl)=C/c3ccc(N4CCOCC4)cc3)nc2c1. The van der Waals surface area contributed by atoms with Crippen LogP contribution < -0.4 is 10.5 Å². The standard InChI is InChI=1S/C21H18ClN3O4/c22-17(11-13-1-4-15(5-2-13)25-7-9-29-10-8-25)19-23-18-12-14(21(27)28)3-6-16(18)20(26)24-19/h1-6,11-12H,7-10H2,(H,27,28)(H,23,24,26)/b17-11-. The highest BCUT2D eigenvalue weighted by molar-refractivity contribution is 6.50. The maximum atomic E-state index is 12.3. The molecule has 1 aromatic heterocycles. The number of H-pyrrole nitrogens is 1. The molecule has 7 nitrogen and oxygen atoms in total. The van der Waals surface area contributed by atoms with Gasteiger partial charge in [-0.05, 0) is 42.0 Å². The van der Waals surface area contributed by atoms with Gasteiger partial charge in [0.1, 0.15) is 0 Å². The van der Waals surface area contributed by atoms with Gasteiger partial charge in [0.15, 0.2) is 5.82 Å². The Morgan fingerprint density at radius 3 is 2.59 bits per heavy atom. The Labute approximate surface area is 171 Å². The molecule has 148 valence electrons. The molecule has 0 unspecified atom stereocenters. The second kappa shape index (κ2) is 8.06. The number of carboxylic acid groups (broad SMARTS) is 1. The number of aromatic amines is 1. The number of morpholine rings is 1. The van der Waals surface area contributed by atoms with Gasteiger partial charge in [-0.15, -0.1) is 0 Å². The molecule has 0 amide bonds. The zero-order valence-corrected chi connectivity index (χ0v) is 16.1. The maximum absolute atomic E-state index is 12.3. The lowest BCUT2D eigenvalue weighted by molar-refractivity contribution is 0.0697. The number of hydrogen-bond acceptors (Lipinski definition) is 5. The number of nitrogens with one attached hydrogen (secondary N) is 1.